The Hall–Kier alpha value is -3.14. The summed E-state index contributed by atoms with van der Waals surface area (Å²) in [4.78, 5) is 28.9. The molecule has 0 bridgehead atoms. The number of Topliss-reactive ketones (excluding diaryl/α,β-unsaturated/α-hetero) is 2. The number of hydrogen-bond donors (Lipinski definition) is 1. The molecule has 0 saturated heterocycles. The fourth-order valence-corrected chi connectivity index (χ4v) is 3.88. The smallest absolute Gasteiger partial charge is 0.167 e. The number of carbonyl (C=O) groups is 2. The Morgan fingerprint density at radius 1 is 1.00 bits per heavy atom. The van der Waals surface area contributed by atoms with Crippen molar-refractivity contribution in [3.05, 3.63) is 59.7 Å². The van der Waals surface area contributed by atoms with Crippen LogP contribution in [0.3, 0.4) is 0 Å². The van der Waals surface area contributed by atoms with Crippen molar-refractivity contribution < 1.29 is 14.3 Å². The van der Waals surface area contributed by atoms with E-state index in [1.807, 2.05) is 62.4 Å². The lowest BCUT2D eigenvalue weighted by atomic mass is 9.73. The van der Waals surface area contributed by atoms with E-state index in [9.17, 15) is 9.59 Å². The minimum atomic E-state index is -0.281. The number of aromatic amines is 1. The molecule has 0 aliphatic heterocycles. The summed E-state index contributed by atoms with van der Waals surface area (Å²) in [7, 11) is 1.63. The second-order valence-electron chi connectivity index (χ2n) is 8.11. The summed E-state index contributed by atoms with van der Waals surface area (Å²) >= 11 is 0. The normalized spacial score (nSPS) is 16.5. The fourth-order valence-electron chi connectivity index (χ4n) is 3.88. The van der Waals surface area contributed by atoms with E-state index < -0.39 is 0 Å². The van der Waals surface area contributed by atoms with Crippen molar-refractivity contribution in [3.8, 4) is 17.0 Å². The summed E-state index contributed by atoms with van der Waals surface area (Å²) < 4.78 is 5.38. The second-order valence-corrected chi connectivity index (χ2v) is 8.11. The maximum absolute atomic E-state index is 12.7. The van der Waals surface area contributed by atoms with Crippen molar-refractivity contribution in [2.24, 2.45) is 5.41 Å². The number of methoxy groups -OCH3 is 1. The number of H-pyrrole nitrogens is 1. The molecule has 1 heterocycles. The van der Waals surface area contributed by atoms with E-state index in [0.29, 0.717) is 18.4 Å². The van der Waals surface area contributed by atoms with Crippen molar-refractivity contribution in [2.75, 3.05) is 7.11 Å². The third-order valence-electron chi connectivity index (χ3n) is 5.28. The van der Waals surface area contributed by atoms with Gasteiger partial charge in [0.15, 0.2) is 11.6 Å². The van der Waals surface area contributed by atoms with Crippen LogP contribution in [0.1, 0.15) is 32.3 Å². The average molecular weight is 373 g/mol. The zero-order chi connectivity index (χ0) is 19.9. The molecule has 1 N–H and O–H groups in total. The van der Waals surface area contributed by atoms with Gasteiger partial charge in [0.05, 0.1) is 18.4 Å². The standard InChI is InChI=1S/C24H23NO3/c1-24(2)13-21(26)19(22(27)14-24)12-18-17-11-16(28-3)9-10-20(17)25-23(18)15-7-5-4-6-8-15/h4-12,25H,13-14H2,1-3H3. The number of benzene rings is 2. The molecular formula is C24H23NO3. The zero-order valence-corrected chi connectivity index (χ0v) is 16.3. The first-order chi connectivity index (χ1) is 13.4. The van der Waals surface area contributed by atoms with Crippen molar-refractivity contribution in [3.63, 3.8) is 0 Å². The second kappa shape index (κ2) is 6.79. The van der Waals surface area contributed by atoms with Gasteiger partial charge in [0.25, 0.3) is 0 Å². The highest BCUT2D eigenvalue weighted by Crippen LogP contribution is 2.38. The van der Waals surface area contributed by atoms with Crippen LogP contribution in [0.2, 0.25) is 0 Å². The zero-order valence-electron chi connectivity index (χ0n) is 16.3. The number of nitrogens with one attached hydrogen (secondary N) is 1. The maximum Gasteiger partial charge on any atom is 0.167 e. The summed E-state index contributed by atoms with van der Waals surface area (Å²) in [5.74, 6) is 0.559. The first-order valence-corrected chi connectivity index (χ1v) is 9.41. The van der Waals surface area contributed by atoms with Gasteiger partial charge in [-0.3, -0.25) is 9.59 Å². The molecule has 0 atom stereocenters. The largest absolute Gasteiger partial charge is 0.497 e. The number of allylic oxidation sites excluding steroid dienone is 1. The Morgan fingerprint density at radius 2 is 1.68 bits per heavy atom. The van der Waals surface area contributed by atoms with Gasteiger partial charge in [0.1, 0.15) is 5.75 Å². The molecule has 142 valence electrons. The number of carbonyl (C=O) groups excluding carboxylic acids is 2. The van der Waals surface area contributed by atoms with Gasteiger partial charge in [-0.2, -0.15) is 0 Å². The molecule has 1 fully saturated rings. The van der Waals surface area contributed by atoms with Gasteiger partial charge in [-0.05, 0) is 35.3 Å². The minimum absolute atomic E-state index is 0.0856. The first-order valence-electron chi connectivity index (χ1n) is 9.41. The Bertz CT molecular complexity index is 1080. The van der Waals surface area contributed by atoms with E-state index in [2.05, 4.69) is 4.98 Å². The highest BCUT2D eigenvalue weighted by molar-refractivity contribution is 6.26. The molecule has 0 radical (unpaired) electrons. The minimum Gasteiger partial charge on any atom is -0.497 e. The Balaban J connectivity index is 1.94. The maximum atomic E-state index is 12.7. The molecule has 3 aromatic rings. The van der Waals surface area contributed by atoms with Crippen LogP contribution in [-0.4, -0.2) is 23.7 Å². The van der Waals surface area contributed by atoms with Gasteiger partial charge in [-0.15, -0.1) is 0 Å². The molecule has 0 unspecified atom stereocenters. The summed E-state index contributed by atoms with van der Waals surface area (Å²) in [6.07, 6.45) is 2.54. The number of fused-ring (bicyclic) bond motifs is 1. The molecule has 0 amide bonds. The highest BCUT2D eigenvalue weighted by atomic mass is 16.5. The number of ketones is 2. The average Bonchev–Trinajstić information content (AvgIpc) is 3.02. The van der Waals surface area contributed by atoms with Crippen LogP contribution in [0.15, 0.2) is 54.1 Å². The lowest BCUT2D eigenvalue weighted by Crippen LogP contribution is -2.31. The van der Waals surface area contributed by atoms with Crippen LogP contribution in [0.5, 0.6) is 5.75 Å². The van der Waals surface area contributed by atoms with E-state index in [1.165, 1.54) is 0 Å². The van der Waals surface area contributed by atoms with Crippen LogP contribution >= 0.6 is 0 Å². The molecule has 4 rings (SSSR count). The third kappa shape index (κ3) is 3.26. The predicted octanol–water partition coefficient (Wildman–Crippen LogP) is 5.19. The van der Waals surface area contributed by atoms with Crippen molar-refractivity contribution in [2.45, 2.75) is 26.7 Å². The molecule has 0 spiro atoms. The Morgan fingerprint density at radius 3 is 2.32 bits per heavy atom. The van der Waals surface area contributed by atoms with Gasteiger partial charge in [-0.1, -0.05) is 44.2 Å². The lowest BCUT2D eigenvalue weighted by molar-refractivity contribution is -0.127. The van der Waals surface area contributed by atoms with Crippen LogP contribution < -0.4 is 4.74 Å². The summed E-state index contributed by atoms with van der Waals surface area (Å²) in [5.41, 5.74) is 3.68. The van der Waals surface area contributed by atoms with Gasteiger partial charge in [0, 0.05) is 29.3 Å². The summed E-state index contributed by atoms with van der Waals surface area (Å²) in [5, 5.41) is 0.927. The van der Waals surface area contributed by atoms with Crippen LogP contribution in [0, 0.1) is 5.41 Å². The molecule has 1 saturated carbocycles. The van der Waals surface area contributed by atoms with Crippen LogP contribution in [0.4, 0.5) is 0 Å². The number of ether oxygens (including phenoxy) is 1. The Labute approximate surface area is 164 Å². The van der Waals surface area contributed by atoms with Crippen molar-refractivity contribution >= 4 is 28.5 Å². The number of rotatable bonds is 3. The van der Waals surface area contributed by atoms with Gasteiger partial charge in [0.2, 0.25) is 0 Å². The van der Waals surface area contributed by atoms with E-state index >= 15 is 0 Å². The van der Waals surface area contributed by atoms with Crippen LogP contribution in [0.25, 0.3) is 28.2 Å². The molecule has 4 heteroatoms. The van der Waals surface area contributed by atoms with E-state index in [-0.39, 0.29) is 17.0 Å². The molecule has 28 heavy (non-hydrogen) atoms. The monoisotopic (exact) mass is 373 g/mol. The van der Waals surface area contributed by atoms with Gasteiger partial charge < -0.3 is 9.72 Å². The molecule has 1 aromatic heterocycles. The Kier molecular flexibility index (Phi) is 4.42. The highest BCUT2D eigenvalue weighted by Gasteiger charge is 2.35. The first kappa shape index (κ1) is 18.2. The molecular weight excluding hydrogens is 350 g/mol. The fraction of sp³-hybridized carbons (Fsp3) is 0.250. The van der Waals surface area contributed by atoms with Crippen molar-refractivity contribution in [1.82, 2.24) is 4.98 Å². The molecule has 1 aliphatic carbocycles. The quantitative estimate of drug-likeness (QED) is 0.508. The number of aromatic nitrogens is 1. The van der Waals surface area contributed by atoms with Gasteiger partial charge >= 0.3 is 0 Å². The third-order valence-corrected chi connectivity index (χ3v) is 5.28. The van der Waals surface area contributed by atoms with Crippen molar-refractivity contribution in [1.29, 1.82) is 0 Å². The SMILES string of the molecule is COc1ccc2[nH]c(-c3ccccc3)c(C=C3C(=O)CC(C)(C)CC3=O)c2c1. The van der Waals surface area contributed by atoms with E-state index in [0.717, 1.165) is 33.5 Å². The van der Waals surface area contributed by atoms with E-state index in [1.54, 1.807) is 13.2 Å². The summed E-state index contributed by atoms with van der Waals surface area (Å²) in [6, 6.07) is 15.7. The van der Waals surface area contributed by atoms with E-state index in [4.69, 9.17) is 4.74 Å². The summed E-state index contributed by atoms with van der Waals surface area (Å²) in [6.45, 7) is 3.93. The van der Waals surface area contributed by atoms with Crippen LogP contribution in [-0.2, 0) is 9.59 Å². The number of hydrogen-bond acceptors (Lipinski definition) is 3. The predicted molar refractivity (Wildman–Crippen MR) is 111 cm³/mol. The molecule has 1 aliphatic rings. The molecule has 4 nitrogen and oxygen atoms in total. The topological polar surface area (TPSA) is 59.2 Å². The lowest BCUT2D eigenvalue weighted by Gasteiger charge is -2.28. The molecule has 2 aromatic carbocycles. The van der Waals surface area contributed by atoms with Gasteiger partial charge in [-0.25, -0.2) is 0 Å².